The molecule has 1 unspecified atom stereocenters. The van der Waals surface area contributed by atoms with Gasteiger partial charge in [0.05, 0.1) is 31.9 Å². The maximum Gasteiger partial charge on any atom is 0.193 e. The molecule has 0 radical (unpaired) electrons. The minimum atomic E-state index is -0.199. The first kappa shape index (κ1) is 25.3. The summed E-state index contributed by atoms with van der Waals surface area (Å²) in [5, 5.41) is 3.44. The number of benzene rings is 1. The Hall–Kier alpha value is -0.970. The molecule has 3 rings (SSSR count). The summed E-state index contributed by atoms with van der Waals surface area (Å²) in [6.07, 6.45) is 2.40. The third-order valence-corrected chi connectivity index (χ3v) is 5.61. The monoisotopic (exact) mass is 534 g/mol. The first-order valence-corrected chi connectivity index (χ1v) is 10.9. The Labute approximate surface area is 197 Å². The highest BCUT2D eigenvalue weighted by Gasteiger charge is 2.25. The van der Waals surface area contributed by atoms with E-state index in [-0.39, 0.29) is 35.8 Å². The second-order valence-corrected chi connectivity index (χ2v) is 7.56. The van der Waals surface area contributed by atoms with Gasteiger partial charge in [-0.2, -0.15) is 0 Å². The number of morpholine rings is 1. The van der Waals surface area contributed by atoms with Crippen molar-refractivity contribution in [1.82, 2.24) is 15.1 Å². The molecule has 0 aromatic heterocycles. The highest BCUT2D eigenvalue weighted by atomic mass is 127. The van der Waals surface area contributed by atoms with Crippen LogP contribution in [0.4, 0.5) is 4.39 Å². The first-order valence-electron chi connectivity index (χ1n) is 10.9. The summed E-state index contributed by atoms with van der Waals surface area (Å²) < 4.78 is 25.2. The van der Waals surface area contributed by atoms with Crippen LogP contribution in [0.3, 0.4) is 0 Å². The van der Waals surface area contributed by atoms with Gasteiger partial charge in [-0.25, -0.2) is 4.39 Å². The Morgan fingerprint density at radius 3 is 2.60 bits per heavy atom. The predicted molar refractivity (Wildman–Crippen MR) is 129 cm³/mol. The van der Waals surface area contributed by atoms with Gasteiger partial charge in [-0.3, -0.25) is 9.89 Å². The van der Waals surface area contributed by atoms with Gasteiger partial charge in [0, 0.05) is 39.3 Å². The number of aliphatic imine (C=N–C) groups is 1. The van der Waals surface area contributed by atoms with Crippen LogP contribution in [0.15, 0.2) is 29.3 Å². The van der Waals surface area contributed by atoms with Crippen molar-refractivity contribution in [3.05, 3.63) is 35.6 Å². The third-order valence-electron chi connectivity index (χ3n) is 5.61. The van der Waals surface area contributed by atoms with Crippen molar-refractivity contribution in [2.45, 2.75) is 38.8 Å². The largest absolute Gasteiger partial charge is 0.379 e. The molecule has 6 nitrogen and oxygen atoms in total. The van der Waals surface area contributed by atoms with E-state index < -0.39 is 0 Å². The van der Waals surface area contributed by atoms with E-state index in [2.05, 4.69) is 29.0 Å². The average molecular weight is 534 g/mol. The summed E-state index contributed by atoms with van der Waals surface area (Å²) in [5.41, 5.74) is 0.974. The highest BCUT2D eigenvalue weighted by Crippen LogP contribution is 2.23. The van der Waals surface area contributed by atoms with Crippen LogP contribution in [0.25, 0.3) is 0 Å². The number of halogens is 2. The molecule has 170 valence electrons. The Kier molecular flexibility index (Phi) is 11.3. The van der Waals surface area contributed by atoms with E-state index in [1.165, 1.54) is 6.07 Å². The summed E-state index contributed by atoms with van der Waals surface area (Å²) in [6, 6.07) is 6.96. The van der Waals surface area contributed by atoms with Crippen molar-refractivity contribution < 1.29 is 13.9 Å². The Balaban J connectivity index is 0.00000320. The molecule has 2 heterocycles. The standard InChI is InChI=1S/C22H35FN4O2.HI/c1-3-24-22(27-10-8-20(9-11-27)29-4-2)25-17-21(26-12-14-28-15-13-26)18-6-5-7-19(23)16-18;/h5-7,16,20-21H,3-4,8-15,17H2,1-2H3,(H,24,25);1H. The van der Waals surface area contributed by atoms with Gasteiger partial charge in [0.2, 0.25) is 0 Å². The fourth-order valence-corrected chi connectivity index (χ4v) is 4.10. The van der Waals surface area contributed by atoms with Crippen molar-refractivity contribution in [3.63, 3.8) is 0 Å². The minimum absolute atomic E-state index is 0. The molecule has 2 fully saturated rings. The zero-order valence-corrected chi connectivity index (χ0v) is 20.5. The van der Waals surface area contributed by atoms with Gasteiger partial charge in [-0.15, -0.1) is 24.0 Å². The van der Waals surface area contributed by atoms with Crippen molar-refractivity contribution in [1.29, 1.82) is 0 Å². The van der Waals surface area contributed by atoms with Crippen molar-refractivity contribution in [2.75, 3.05) is 59.1 Å². The zero-order chi connectivity index (χ0) is 20.5. The van der Waals surface area contributed by atoms with E-state index in [0.717, 1.165) is 63.7 Å². The summed E-state index contributed by atoms with van der Waals surface area (Å²) >= 11 is 0. The van der Waals surface area contributed by atoms with Gasteiger partial charge in [0.15, 0.2) is 5.96 Å². The number of piperidine rings is 1. The van der Waals surface area contributed by atoms with Gasteiger partial charge in [-0.1, -0.05) is 12.1 Å². The van der Waals surface area contributed by atoms with E-state index in [4.69, 9.17) is 14.5 Å². The molecule has 1 aromatic rings. The average Bonchev–Trinajstić information content (AvgIpc) is 2.75. The fraction of sp³-hybridized carbons (Fsp3) is 0.682. The van der Waals surface area contributed by atoms with Crippen LogP contribution < -0.4 is 5.32 Å². The van der Waals surface area contributed by atoms with E-state index >= 15 is 0 Å². The molecule has 30 heavy (non-hydrogen) atoms. The summed E-state index contributed by atoms with van der Waals surface area (Å²) in [7, 11) is 0. The summed E-state index contributed by atoms with van der Waals surface area (Å²) in [4.78, 5) is 9.65. The van der Waals surface area contributed by atoms with Gasteiger partial charge < -0.3 is 19.7 Å². The first-order chi connectivity index (χ1) is 14.2. The third kappa shape index (κ3) is 7.32. The minimum Gasteiger partial charge on any atom is -0.379 e. The lowest BCUT2D eigenvalue weighted by atomic mass is 10.0. The number of guanidine groups is 1. The number of likely N-dealkylation sites (tertiary alicyclic amines) is 1. The molecule has 2 aliphatic rings. The number of nitrogens with zero attached hydrogens (tertiary/aromatic N) is 3. The number of ether oxygens (including phenoxy) is 2. The van der Waals surface area contributed by atoms with E-state index in [9.17, 15) is 4.39 Å². The molecule has 0 amide bonds. The molecule has 8 heteroatoms. The van der Waals surface area contributed by atoms with Gasteiger partial charge in [0.25, 0.3) is 0 Å². The SMILES string of the molecule is CCNC(=NCC(c1cccc(F)c1)N1CCOCC1)N1CCC(OCC)CC1.I. The van der Waals surface area contributed by atoms with Crippen LogP contribution in [0, 0.1) is 5.82 Å². The van der Waals surface area contributed by atoms with Crippen LogP contribution in [0.2, 0.25) is 0 Å². The molecule has 0 saturated carbocycles. The molecule has 0 bridgehead atoms. The fourth-order valence-electron chi connectivity index (χ4n) is 4.10. The predicted octanol–water partition coefficient (Wildman–Crippen LogP) is 3.28. The number of hydrogen-bond acceptors (Lipinski definition) is 4. The van der Waals surface area contributed by atoms with Crippen molar-refractivity contribution >= 4 is 29.9 Å². The van der Waals surface area contributed by atoms with Crippen LogP contribution in [-0.4, -0.2) is 81.0 Å². The lowest BCUT2D eigenvalue weighted by molar-refractivity contribution is 0.0176. The van der Waals surface area contributed by atoms with Gasteiger partial charge in [-0.05, 0) is 44.4 Å². The van der Waals surface area contributed by atoms with Crippen molar-refractivity contribution in [2.24, 2.45) is 4.99 Å². The van der Waals surface area contributed by atoms with Crippen LogP contribution in [-0.2, 0) is 9.47 Å². The molecule has 2 saturated heterocycles. The van der Waals surface area contributed by atoms with Crippen LogP contribution in [0.5, 0.6) is 0 Å². The number of nitrogens with one attached hydrogen (secondary N) is 1. The second kappa shape index (κ2) is 13.4. The maximum atomic E-state index is 13.9. The Morgan fingerprint density at radius 1 is 1.23 bits per heavy atom. The number of rotatable bonds is 7. The van der Waals surface area contributed by atoms with Gasteiger partial charge in [0.1, 0.15) is 5.82 Å². The van der Waals surface area contributed by atoms with Crippen LogP contribution in [0.1, 0.15) is 38.3 Å². The highest BCUT2D eigenvalue weighted by molar-refractivity contribution is 14.0. The quantitative estimate of drug-likeness (QED) is 0.331. The lowest BCUT2D eigenvalue weighted by Gasteiger charge is -2.36. The molecule has 0 aliphatic carbocycles. The summed E-state index contributed by atoms with van der Waals surface area (Å²) in [5.74, 6) is 0.742. The number of hydrogen-bond donors (Lipinski definition) is 1. The molecular formula is C22H36FIN4O2. The van der Waals surface area contributed by atoms with Crippen molar-refractivity contribution in [3.8, 4) is 0 Å². The summed E-state index contributed by atoms with van der Waals surface area (Å²) in [6.45, 7) is 11.3. The second-order valence-electron chi connectivity index (χ2n) is 7.56. The van der Waals surface area contributed by atoms with E-state index in [1.807, 2.05) is 6.07 Å². The molecule has 1 atom stereocenters. The maximum absolute atomic E-state index is 13.9. The Bertz CT molecular complexity index is 650. The normalized spacial score (nSPS) is 20.0. The van der Waals surface area contributed by atoms with E-state index in [1.54, 1.807) is 12.1 Å². The van der Waals surface area contributed by atoms with Gasteiger partial charge >= 0.3 is 0 Å². The lowest BCUT2D eigenvalue weighted by Crippen LogP contribution is -2.47. The molecule has 2 aliphatic heterocycles. The van der Waals surface area contributed by atoms with Crippen LogP contribution >= 0.6 is 24.0 Å². The smallest absolute Gasteiger partial charge is 0.193 e. The molecule has 1 aromatic carbocycles. The van der Waals surface area contributed by atoms with E-state index in [0.29, 0.717) is 25.9 Å². The molecule has 1 N–H and O–H groups in total. The zero-order valence-electron chi connectivity index (χ0n) is 18.2. The molecular weight excluding hydrogens is 498 g/mol. The topological polar surface area (TPSA) is 49.3 Å². The molecule has 0 spiro atoms. The Morgan fingerprint density at radius 2 is 1.97 bits per heavy atom.